The molecule has 24 heavy (non-hydrogen) atoms. The van der Waals surface area contributed by atoms with Gasteiger partial charge in [-0.3, -0.25) is 4.79 Å². The van der Waals surface area contributed by atoms with E-state index in [0.717, 1.165) is 32.9 Å². The summed E-state index contributed by atoms with van der Waals surface area (Å²) in [7, 11) is 0. The van der Waals surface area contributed by atoms with E-state index in [1.165, 1.54) is 11.3 Å². The number of aromatic nitrogens is 3. The molecule has 0 fully saturated rings. The zero-order valence-corrected chi connectivity index (χ0v) is 16.2. The lowest BCUT2D eigenvalue weighted by atomic mass is 10.1. The highest BCUT2D eigenvalue weighted by atomic mass is 79.9. The molecule has 1 N–H and O–H groups in total. The van der Waals surface area contributed by atoms with Crippen LogP contribution in [0, 0.1) is 12.8 Å². The van der Waals surface area contributed by atoms with E-state index in [1.807, 2.05) is 35.9 Å². The van der Waals surface area contributed by atoms with Crippen LogP contribution in [-0.2, 0) is 13.0 Å². The van der Waals surface area contributed by atoms with Crippen molar-refractivity contribution in [1.82, 2.24) is 19.7 Å². The molecule has 3 aromatic rings. The van der Waals surface area contributed by atoms with Gasteiger partial charge in [0.1, 0.15) is 10.5 Å². The summed E-state index contributed by atoms with van der Waals surface area (Å²) >= 11 is 4.92. The fourth-order valence-electron chi connectivity index (χ4n) is 2.45. The smallest absolute Gasteiger partial charge is 0.263 e. The number of pyridine rings is 1. The Bertz CT molecular complexity index is 884. The summed E-state index contributed by atoms with van der Waals surface area (Å²) in [5.74, 6) is 0.446. The second-order valence-electron chi connectivity index (χ2n) is 6.15. The average molecular weight is 407 g/mol. The quantitative estimate of drug-likeness (QED) is 0.696. The summed E-state index contributed by atoms with van der Waals surface area (Å²) in [5, 5.41) is 3.96. The number of fused-ring (bicyclic) bond motifs is 1. The third kappa shape index (κ3) is 3.84. The number of nitrogens with one attached hydrogen (secondary N) is 1. The molecule has 0 unspecified atom stereocenters. The Balaban J connectivity index is 1.69. The van der Waals surface area contributed by atoms with E-state index < -0.39 is 0 Å². The van der Waals surface area contributed by atoms with E-state index in [-0.39, 0.29) is 5.91 Å². The maximum Gasteiger partial charge on any atom is 0.263 e. The predicted molar refractivity (Wildman–Crippen MR) is 99.5 cm³/mol. The van der Waals surface area contributed by atoms with Gasteiger partial charge in [0.25, 0.3) is 5.91 Å². The van der Waals surface area contributed by atoms with Crippen LogP contribution in [0.4, 0.5) is 0 Å². The number of nitrogens with zero attached hydrogens (tertiary/aromatic N) is 3. The molecule has 0 atom stereocenters. The molecule has 126 valence electrons. The van der Waals surface area contributed by atoms with Gasteiger partial charge in [0, 0.05) is 23.3 Å². The van der Waals surface area contributed by atoms with Gasteiger partial charge in [-0.25, -0.2) is 9.97 Å². The molecule has 0 bridgehead atoms. The number of imidazole rings is 1. The Labute approximate surface area is 153 Å². The third-order valence-corrected chi connectivity index (χ3v) is 5.17. The first-order valence-electron chi connectivity index (χ1n) is 7.80. The Kier molecular flexibility index (Phi) is 5.01. The molecule has 0 spiro atoms. The first-order valence-corrected chi connectivity index (χ1v) is 9.41. The molecule has 5 nitrogen and oxygen atoms in total. The molecule has 0 aliphatic carbocycles. The van der Waals surface area contributed by atoms with E-state index in [2.05, 4.69) is 45.1 Å². The van der Waals surface area contributed by atoms with Crippen molar-refractivity contribution in [3.05, 3.63) is 50.3 Å². The van der Waals surface area contributed by atoms with Crippen molar-refractivity contribution in [2.24, 2.45) is 5.92 Å². The van der Waals surface area contributed by atoms with Crippen LogP contribution in [0.2, 0.25) is 0 Å². The summed E-state index contributed by atoms with van der Waals surface area (Å²) in [6.07, 6.45) is 4.77. The van der Waals surface area contributed by atoms with Gasteiger partial charge in [-0.2, -0.15) is 0 Å². The number of rotatable bonds is 5. The standard InChI is InChI=1S/C17H19BrN4OS/c1-10(2)6-15-20-11(3)16(24-15)17(23)19-7-13-9-22-8-12(18)4-5-14(22)21-13/h4-5,8-10H,6-7H2,1-3H3,(H,19,23). The highest BCUT2D eigenvalue weighted by Crippen LogP contribution is 2.21. The Morgan fingerprint density at radius 1 is 1.33 bits per heavy atom. The fourth-order valence-corrected chi connectivity index (χ4v) is 4.00. The van der Waals surface area contributed by atoms with Crippen molar-refractivity contribution < 1.29 is 4.79 Å². The fraction of sp³-hybridized carbons (Fsp3) is 0.353. The number of amides is 1. The molecular formula is C17H19BrN4OS. The van der Waals surface area contributed by atoms with Crippen LogP contribution >= 0.6 is 27.3 Å². The molecule has 0 saturated carbocycles. The van der Waals surface area contributed by atoms with E-state index in [9.17, 15) is 4.79 Å². The molecule has 0 aliphatic rings. The third-order valence-electron chi connectivity index (χ3n) is 3.52. The minimum atomic E-state index is -0.0850. The minimum absolute atomic E-state index is 0.0850. The van der Waals surface area contributed by atoms with Gasteiger partial charge < -0.3 is 9.72 Å². The average Bonchev–Trinajstić information content (AvgIpc) is 3.06. The predicted octanol–water partition coefficient (Wildman–Crippen LogP) is 3.99. The maximum absolute atomic E-state index is 12.4. The zero-order valence-electron chi connectivity index (χ0n) is 13.8. The largest absolute Gasteiger partial charge is 0.346 e. The van der Waals surface area contributed by atoms with Crippen LogP contribution in [0.15, 0.2) is 29.0 Å². The lowest BCUT2D eigenvalue weighted by Crippen LogP contribution is -2.22. The van der Waals surface area contributed by atoms with Gasteiger partial charge >= 0.3 is 0 Å². The van der Waals surface area contributed by atoms with Crippen LogP contribution in [0.25, 0.3) is 5.65 Å². The zero-order chi connectivity index (χ0) is 17.3. The van der Waals surface area contributed by atoms with E-state index in [4.69, 9.17) is 0 Å². The molecule has 3 aromatic heterocycles. The summed E-state index contributed by atoms with van der Waals surface area (Å²) in [6.45, 7) is 6.59. The van der Waals surface area contributed by atoms with E-state index in [0.29, 0.717) is 17.3 Å². The van der Waals surface area contributed by atoms with Gasteiger partial charge in [-0.1, -0.05) is 13.8 Å². The number of carbonyl (C=O) groups excluding carboxylic acids is 1. The number of hydrogen-bond donors (Lipinski definition) is 1. The molecule has 0 radical (unpaired) electrons. The highest BCUT2D eigenvalue weighted by Gasteiger charge is 2.16. The van der Waals surface area contributed by atoms with Gasteiger partial charge in [0.15, 0.2) is 0 Å². The second kappa shape index (κ2) is 7.03. The lowest BCUT2D eigenvalue weighted by molar-refractivity contribution is 0.0953. The molecule has 3 rings (SSSR count). The topological polar surface area (TPSA) is 59.3 Å². The van der Waals surface area contributed by atoms with Crippen molar-refractivity contribution in [3.8, 4) is 0 Å². The van der Waals surface area contributed by atoms with Crippen molar-refractivity contribution in [1.29, 1.82) is 0 Å². The van der Waals surface area contributed by atoms with Crippen molar-refractivity contribution in [2.45, 2.75) is 33.7 Å². The van der Waals surface area contributed by atoms with Crippen molar-refractivity contribution >= 4 is 38.8 Å². The van der Waals surface area contributed by atoms with Gasteiger partial charge in [0.05, 0.1) is 22.9 Å². The number of hydrogen-bond acceptors (Lipinski definition) is 4. The van der Waals surface area contributed by atoms with E-state index >= 15 is 0 Å². The monoisotopic (exact) mass is 406 g/mol. The van der Waals surface area contributed by atoms with Crippen LogP contribution in [0.5, 0.6) is 0 Å². The van der Waals surface area contributed by atoms with Gasteiger partial charge in [-0.15, -0.1) is 11.3 Å². The molecule has 0 saturated heterocycles. The first-order chi connectivity index (χ1) is 11.4. The number of aryl methyl sites for hydroxylation is 1. The molecule has 7 heteroatoms. The lowest BCUT2D eigenvalue weighted by Gasteiger charge is -2.01. The number of halogens is 1. The van der Waals surface area contributed by atoms with Crippen molar-refractivity contribution in [3.63, 3.8) is 0 Å². The van der Waals surface area contributed by atoms with Crippen LogP contribution in [-0.4, -0.2) is 20.3 Å². The maximum atomic E-state index is 12.4. The Morgan fingerprint density at radius 3 is 2.88 bits per heavy atom. The molecular weight excluding hydrogens is 388 g/mol. The molecule has 3 heterocycles. The van der Waals surface area contributed by atoms with Crippen LogP contribution in [0.3, 0.4) is 0 Å². The second-order valence-corrected chi connectivity index (χ2v) is 8.15. The van der Waals surface area contributed by atoms with Crippen LogP contribution < -0.4 is 5.32 Å². The number of carbonyl (C=O) groups is 1. The van der Waals surface area contributed by atoms with Gasteiger partial charge in [-0.05, 0) is 40.9 Å². The Hall–Kier alpha value is -1.73. The summed E-state index contributed by atoms with van der Waals surface area (Å²) in [5.41, 5.74) is 2.48. The minimum Gasteiger partial charge on any atom is -0.346 e. The van der Waals surface area contributed by atoms with Gasteiger partial charge in [0.2, 0.25) is 0 Å². The summed E-state index contributed by atoms with van der Waals surface area (Å²) in [6, 6.07) is 3.88. The van der Waals surface area contributed by atoms with Crippen molar-refractivity contribution in [2.75, 3.05) is 0 Å². The highest BCUT2D eigenvalue weighted by molar-refractivity contribution is 9.10. The van der Waals surface area contributed by atoms with Crippen LogP contribution in [0.1, 0.15) is 39.9 Å². The molecule has 0 aliphatic heterocycles. The SMILES string of the molecule is Cc1nc(CC(C)C)sc1C(=O)NCc1cn2cc(Br)ccc2n1. The molecule has 1 amide bonds. The number of thiazole rings is 1. The first kappa shape index (κ1) is 17.1. The van der Waals surface area contributed by atoms with E-state index in [1.54, 1.807) is 0 Å². The molecule has 0 aromatic carbocycles. The Morgan fingerprint density at radius 2 is 2.12 bits per heavy atom. The summed E-state index contributed by atoms with van der Waals surface area (Å²) < 4.78 is 2.92. The normalized spacial score (nSPS) is 11.4. The summed E-state index contributed by atoms with van der Waals surface area (Å²) in [4.78, 5) is 22.1.